The zero-order valence-corrected chi connectivity index (χ0v) is 11.6. The first-order chi connectivity index (χ1) is 9.51. The average molecular weight is 292 g/mol. The van der Waals surface area contributed by atoms with Gasteiger partial charge in [-0.3, -0.25) is 4.79 Å². The molecule has 2 aromatic rings. The zero-order valence-electron chi connectivity index (χ0n) is 10.8. The van der Waals surface area contributed by atoms with Gasteiger partial charge >= 0.3 is 0 Å². The normalized spacial score (nSPS) is 10.1. The molecule has 20 heavy (non-hydrogen) atoms. The second kappa shape index (κ2) is 5.71. The van der Waals surface area contributed by atoms with Crippen LogP contribution in [0.1, 0.15) is 10.4 Å². The molecule has 5 nitrogen and oxygen atoms in total. The number of rotatable bonds is 4. The standard InChI is InChI=1S/C14H14ClN3O2/c1-20-13-5-2-8(15)6-12(13)18-9-3-4-11(16)10(7-9)14(17)19/h2-7,18H,16H2,1H3,(H2,17,19). The fraction of sp³-hybridized carbons (Fsp3) is 0.0714. The molecule has 5 N–H and O–H groups in total. The average Bonchev–Trinajstić information content (AvgIpc) is 2.41. The fourth-order valence-corrected chi connectivity index (χ4v) is 1.95. The number of primary amides is 1. The summed E-state index contributed by atoms with van der Waals surface area (Å²) in [5.41, 5.74) is 12.9. The number of carbonyl (C=O) groups excluding carboxylic acids is 1. The summed E-state index contributed by atoms with van der Waals surface area (Å²) in [6, 6.07) is 10.1. The van der Waals surface area contributed by atoms with E-state index in [0.29, 0.717) is 27.8 Å². The summed E-state index contributed by atoms with van der Waals surface area (Å²) < 4.78 is 5.24. The molecule has 104 valence electrons. The number of nitrogen functional groups attached to an aromatic ring is 1. The van der Waals surface area contributed by atoms with E-state index in [2.05, 4.69) is 5.32 Å². The first-order valence-corrected chi connectivity index (χ1v) is 6.19. The summed E-state index contributed by atoms with van der Waals surface area (Å²) in [7, 11) is 1.56. The van der Waals surface area contributed by atoms with Gasteiger partial charge in [-0.2, -0.15) is 0 Å². The van der Waals surface area contributed by atoms with Crippen molar-refractivity contribution in [1.82, 2.24) is 0 Å². The van der Waals surface area contributed by atoms with Gasteiger partial charge in [0.2, 0.25) is 0 Å². The summed E-state index contributed by atoms with van der Waals surface area (Å²) in [5.74, 6) is 0.0519. The van der Waals surface area contributed by atoms with Gasteiger partial charge < -0.3 is 21.5 Å². The van der Waals surface area contributed by atoms with E-state index in [4.69, 9.17) is 27.8 Å². The number of anilines is 3. The molecule has 0 radical (unpaired) electrons. The van der Waals surface area contributed by atoms with Gasteiger partial charge in [-0.1, -0.05) is 11.6 Å². The van der Waals surface area contributed by atoms with Crippen molar-refractivity contribution in [3.63, 3.8) is 0 Å². The Morgan fingerprint density at radius 2 is 2.00 bits per heavy atom. The van der Waals surface area contributed by atoms with Crippen molar-refractivity contribution in [2.45, 2.75) is 0 Å². The van der Waals surface area contributed by atoms with Crippen LogP contribution in [0.25, 0.3) is 0 Å². The van der Waals surface area contributed by atoms with Crippen LogP contribution < -0.4 is 21.5 Å². The predicted molar refractivity (Wildman–Crippen MR) is 80.7 cm³/mol. The van der Waals surface area contributed by atoms with Crippen molar-refractivity contribution in [2.24, 2.45) is 5.73 Å². The Kier molecular flexibility index (Phi) is 4.00. The molecule has 0 unspecified atom stereocenters. The van der Waals surface area contributed by atoms with Gasteiger partial charge in [0.25, 0.3) is 5.91 Å². The van der Waals surface area contributed by atoms with Crippen LogP contribution in [0.5, 0.6) is 5.75 Å². The second-order valence-electron chi connectivity index (χ2n) is 4.14. The fourth-order valence-electron chi connectivity index (χ4n) is 1.78. The highest BCUT2D eigenvalue weighted by Crippen LogP contribution is 2.31. The van der Waals surface area contributed by atoms with Crippen molar-refractivity contribution in [3.05, 3.63) is 47.0 Å². The molecule has 1 amide bonds. The van der Waals surface area contributed by atoms with Crippen LogP contribution >= 0.6 is 11.6 Å². The van der Waals surface area contributed by atoms with E-state index in [1.54, 1.807) is 43.5 Å². The number of ether oxygens (including phenoxy) is 1. The number of hydrogen-bond donors (Lipinski definition) is 3. The Labute approximate surface area is 121 Å². The maximum atomic E-state index is 11.3. The van der Waals surface area contributed by atoms with Crippen molar-refractivity contribution in [1.29, 1.82) is 0 Å². The molecule has 0 saturated carbocycles. The van der Waals surface area contributed by atoms with Crippen LogP contribution in [0, 0.1) is 0 Å². The summed E-state index contributed by atoms with van der Waals surface area (Å²) in [6.45, 7) is 0. The first-order valence-electron chi connectivity index (χ1n) is 5.81. The summed E-state index contributed by atoms with van der Waals surface area (Å²) >= 11 is 5.96. The van der Waals surface area contributed by atoms with E-state index in [1.807, 2.05) is 0 Å². The minimum Gasteiger partial charge on any atom is -0.495 e. The van der Waals surface area contributed by atoms with E-state index in [0.717, 1.165) is 0 Å². The molecule has 0 heterocycles. The zero-order chi connectivity index (χ0) is 14.7. The number of nitrogens with two attached hydrogens (primary N) is 2. The second-order valence-corrected chi connectivity index (χ2v) is 4.57. The summed E-state index contributed by atoms with van der Waals surface area (Å²) in [6.07, 6.45) is 0. The summed E-state index contributed by atoms with van der Waals surface area (Å²) in [4.78, 5) is 11.3. The Morgan fingerprint density at radius 3 is 2.65 bits per heavy atom. The third kappa shape index (κ3) is 2.95. The van der Waals surface area contributed by atoms with Crippen molar-refractivity contribution < 1.29 is 9.53 Å². The number of nitrogens with one attached hydrogen (secondary N) is 1. The smallest absolute Gasteiger partial charge is 0.250 e. The highest BCUT2D eigenvalue weighted by Gasteiger charge is 2.09. The molecule has 2 aromatic carbocycles. The van der Waals surface area contributed by atoms with E-state index in [1.165, 1.54) is 0 Å². The molecule has 0 aromatic heterocycles. The number of carbonyl (C=O) groups is 1. The minimum atomic E-state index is -0.579. The quantitative estimate of drug-likeness (QED) is 0.756. The lowest BCUT2D eigenvalue weighted by Crippen LogP contribution is -2.13. The maximum Gasteiger partial charge on any atom is 0.250 e. The maximum absolute atomic E-state index is 11.3. The van der Waals surface area contributed by atoms with Crippen LogP contribution in [0.2, 0.25) is 5.02 Å². The van der Waals surface area contributed by atoms with Crippen LogP contribution in [0.4, 0.5) is 17.1 Å². The third-order valence-corrected chi connectivity index (χ3v) is 2.99. The first kappa shape index (κ1) is 14.0. The Hall–Kier alpha value is -2.40. The number of amides is 1. The molecular weight excluding hydrogens is 278 g/mol. The van der Waals surface area contributed by atoms with E-state index in [9.17, 15) is 4.79 Å². The summed E-state index contributed by atoms with van der Waals surface area (Å²) in [5, 5.41) is 3.68. The lowest BCUT2D eigenvalue weighted by Gasteiger charge is -2.12. The Bertz CT molecular complexity index is 659. The highest BCUT2D eigenvalue weighted by molar-refractivity contribution is 6.31. The van der Waals surface area contributed by atoms with Gasteiger partial charge in [0.15, 0.2) is 0 Å². The molecule has 0 fully saturated rings. The van der Waals surface area contributed by atoms with E-state index < -0.39 is 5.91 Å². The van der Waals surface area contributed by atoms with Crippen molar-refractivity contribution >= 4 is 34.6 Å². The molecule has 2 rings (SSSR count). The lowest BCUT2D eigenvalue weighted by molar-refractivity contribution is 0.100. The van der Waals surface area contributed by atoms with Gasteiger partial charge in [0.1, 0.15) is 5.75 Å². The monoisotopic (exact) mass is 291 g/mol. The molecule has 0 spiro atoms. The van der Waals surface area contributed by atoms with Crippen LogP contribution in [-0.4, -0.2) is 13.0 Å². The molecule has 0 aliphatic carbocycles. The molecule has 0 aliphatic heterocycles. The van der Waals surface area contributed by atoms with Gasteiger partial charge in [0, 0.05) is 16.4 Å². The Morgan fingerprint density at radius 1 is 1.25 bits per heavy atom. The molecule has 0 bridgehead atoms. The third-order valence-electron chi connectivity index (χ3n) is 2.76. The van der Waals surface area contributed by atoms with Crippen LogP contribution in [0.3, 0.4) is 0 Å². The van der Waals surface area contributed by atoms with Crippen molar-refractivity contribution in [3.8, 4) is 5.75 Å². The molecule has 0 atom stereocenters. The Balaban J connectivity index is 2.37. The predicted octanol–water partition coefficient (Wildman–Crippen LogP) is 2.77. The molecule has 6 heteroatoms. The van der Waals surface area contributed by atoms with Crippen molar-refractivity contribution in [2.75, 3.05) is 18.2 Å². The van der Waals surface area contributed by atoms with Gasteiger partial charge in [-0.15, -0.1) is 0 Å². The number of methoxy groups -OCH3 is 1. The van der Waals surface area contributed by atoms with E-state index in [-0.39, 0.29) is 5.56 Å². The number of halogens is 1. The number of benzene rings is 2. The van der Waals surface area contributed by atoms with Gasteiger partial charge in [-0.25, -0.2) is 0 Å². The van der Waals surface area contributed by atoms with Gasteiger partial charge in [0.05, 0.1) is 18.4 Å². The van der Waals surface area contributed by atoms with E-state index >= 15 is 0 Å². The topological polar surface area (TPSA) is 90.4 Å². The SMILES string of the molecule is COc1ccc(Cl)cc1Nc1ccc(N)c(C(N)=O)c1. The van der Waals surface area contributed by atoms with Crippen LogP contribution in [-0.2, 0) is 0 Å². The number of hydrogen-bond acceptors (Lipinski definition) is 4. The highest BCUT2D eigenvalue weighted by atomic mass is 35.5. The molecule has 0 aliphatic rings. The van der Waals surface area contributed by atoms with Gasteiger partial charge in [-0.05, 0) is 36.4 Å². The molecular formula is C14H14ClN3O2. The van der Waals surface area contributed by atoms with Crippen LogP contribution in [0.15, 0.2) is 36.4 Å². The largest absolute Gasteiger partial charge is 0.495 e. The molecule has 0 saturated heterocycles. The minimum absolute atomic E-state index is 0.260. The lowest BCUT2D eigenvalue weighted by atomic mass is 10.1.